The van der Waals surface area contributed by atoms with Crippen LogP contribution in [0, 0.1) is 0 Å². The molecule has 0 radical (unpaired) electrons. The van der Waals surface area contributed by atoms with E-state index in [0.29, 0.717) is 0 Å². The van der Waals surface area contributed by atoms with Crippen LogP contribution in [0.4, 0.5) is 5.69 Å². The molecule has 2 aromatic heterocycles. The van der Waals surface area contributed by atoms with E-state index in [1.54, 1.807) is 0 Å². The van der Waals surface area contributed by atoms with Gasteiger partial charge in [0.05, 0.1) is 0 Å². The molecule has 0 spiro atoms. The second kappa shape index (κ2) is 10.2. The second-order valence-electron chi connectivity index (χ2n) is 12.5. The number of para-hydroxylation sites is 4. The summed E-state index contributed by atoms with van der Waals surface area (Å²) in [7, 11) is 0. The molecule has 47 heavy (non-hydrogen) atoms. The molecule has 0 amide bonds. The van der Waals surface area contributed by atoms with Crippen LogP contribution in [0.2, 0.25) is 0 Å². The maximum atomic E-state index is 6.47. The first-order valence-electron chi connectivity index (χ1n) is 16.2. The Morgan fingerprint density at radius 2 is 0.957 bits per heavy atom. The molecule has 3 nitrogen and oxygen atoms in total. The predicted molar refractivity (Wildman–Crippen MR) is 194 cm³/mol. The summed E-state index contributed by atoms with van der Waals surface area (Å²) in [5.74, 6) is 0. The highest BCUT2D eigenvalue weighted by molar-refractivity contribution is 6.10. The number of fused-ring (bicyclic) bond motifs is 9. The highest BCUT2D eigenvalue weighted by Crippen LogP contribution is 2.42. The Bertz CT molecular complexity index is 2640. The van der Waals surface area contributed by atoms with Crippen LogP contribution in [0.3, 0.4) is 0 Å². The number of hydrogen-bond acceptors (Lipinski definition) is 3. The van der Waals surface area contributed by atoms with Crippen LogP contribution < -0.4 is 4.90 Å². The smallest absolute Gasteiger partial charge is 0.143 e. The Hall–Kier alpha value is -6.06. The summed E-state index contributed by atoms with van der Waals surface area (Å²) in [4.78, 5) is 2.48. The van der Waals surface area contributed by atoms with Gasteiger partial charge in [-0.15, -0.1) is 0 Å². The molecule has 0 aliphatic carbocycles. The summed E-state index contributed by atoms with van der Waals surface area (Å²) in [6, 6.07) is 54.3. The Labute approximate surface area is 271 Å². The molecule has 1 aliphatic rings. The van der Waals surface area contributed by atoms with Gasteiger partial charge in [0.2, 0.25) is 0 Å². The molecule has 3 heteroatoms. The van der Waals surface area contributed by atoms with Gasteiger partial charge in [-0.2, -0.15) is 0 Å². The second-order valence-corrected chi connectivity index (χ2v) is 12.5. The molecule has 0 saturated heterocycles. The van der Waals surface area contributed by atoms with E-state index in [0.717, 1.165) is 73.7 Å². The third-order valence-corrected chi connectivity index (χ3v) is 9.78. The third-order valence-electron chi connectivity index (χ3n) is 9.78. The van der Waals surface area contributed by atoms with Crippen molar-refractivity contribution in [2.75, 3.05) is 4.90 Å². The maximum absolute atomic E-state index is 6.47. The normalized spacial score (nSPS) is 12.9. The van der Waals surface area contributed by atoms with Crippen molar-refractivity contribution in [3.63, 3.8) is 0 Å². The van der Waals surface area contributed by atoms with Crippen molar-refractivity contribution in [2.45, 2.75) is 13.1 Å². The van der Waals surface area contributed by atoms with E-state index in [1.807, 2.05) is 18.2 Å². The summed E-state index contributed by atoms with van der Waals surface area (Å²) >= 11 is 0. The topological polar surface area (TPSA) is 29.5 Å². The Balaban J connectivity index is 1.16. The number of hydrogen-bond donors (Lipinski definition) is 0. The van der Waals surface area contributed by atoms with Gasteiger partial charge in [-0.1, -0.05) is 103 Å². The van der Waals surface area contributed by atoms with E-state index in [1.165, 1.54) is 33.5 Å². The summed E-state index contributed by atoms with van der Waals surface area (Å²) in [6.07, 6.45) is 0. The first kappa shape index (κ1) is 26.2. The van der Waals surface area contributed by atoms with Crippen molar-refractivity contribution in [2.24, 2.45) is 0 Å². The van der Waals surface area contributed by atoms with E-state index in [4.69, 9.17) is 8.83 Å². The van der Waals surface area contributed by atoms with Gasteiger partial charge in [0, 0.05) is 45.9 Å². The highest BCUT2D eigenvalue weighted by Gasteiger charge is 2.22. The van der Waals surface area contributed by atoms with E-state index in [2.05, 4.69) is 138 Å². The first-order valence-corrected chi connectivity index (χ1v) is 16.2. The van der Waals surface area contributed by atoms with Crippen molar-refractivity contribution in [3.05, 3.63) is 163 Å². The van der Waals surface area contributed by atoms with E-state index in [9.17, 15) is 0 Å². The lowest BCUT2D eigenvalue weighted by molar-refractivity contribution is 0.669. The molecule has 9 aromatic rings. The lowest BCUT2D eigenvalue weighted by Crippen LogP contribution is -2.20. The van der Waals surface area contributed by atoms with Gasteiger partial charge in [0.25, 0.3) is 0 Å². The lowest BCUT2D eigenvalue weighted by atomic mass is 9.90. The van der Waals surface area contributed by atoms with Crippen LogP contribution in [-0.2, 0) is 13.1 Å². The van der Waals surface area contributed by atoms with Gasteiger partial charge in [0.1, 0.15) is 22.3 Å². The third kappa shape index (κ3) is 4.20. The van der Waals surface area contributed by atoms with Gasteiger partial charge in [-0.3, -0.25) is 0 Å². The molecule has 0 saturated carbocycles. The van der Waals surface area contributed by atoms with Crippen molar-refractivity contribution in [1.29, 1.82) is 0 Å². The number of rotatable bonds is 3. The van der Waals surface area contributed by atoms with Crippen molar-refractivity contribution in [3.8, 4) is 33.4 Å². The fourth-order valence-electron chi connectivity index (χ4n) is 7.45. The average Bonchev–Trinajstić information content (AvgIpc) is 3.65. The van der Waals surface area contributed by atoms with E-state index < -0.39 is 0 Å². The van der Waals surface area contributed by atoms with E-state index in [-0.39, 0.29) is 0 Å². The van der Waals surface area contributed by atoms with Gasteiger partial charge < -0.3 is 13.7 Å². The monoisotopic (exact) mass is 603 g/mol. The Morgan fingerprint density at radius 1 is 0.383 bits per heavy atom. The molecule has 0 bridgehead atoms. The molecule has 0 unspecified atom stereocenters. The number of benzene rings is 7. The molecule has 7 aromatic carbocycles. The van der Waals surface area contributed by atoms with Crippen LogP contribution in [0.1, 0.15) is 11.1 Å². The predicted octanol–water partition coefficient (Wildman–Crippen LogP) is 12.0. The van der Waals surface area contributed by atoms with Gasteiger partial charge in [-0.25, -0.2) is 0 Å². The maximum Gasteiger partial charge on any atom is 0.143 e. The standard InChI is InChI=1S/C44H29NO2/c1-2-9-33(10-3-1)45-26-31-19-17-28(29-21-22-37-35-11-4-6-15-41(35)46-43(37)25-29)23-39(31)40-24-30(18-20-32(40)27-45)34-13-8-14-38-36-12-5-7-16-42(36)47-44(34)38/h1-25H,26-27H2. The summed E-state index contributed by atoms with van der Waals surface area (Å²) in [5, 5.41) is 4.59. The fraction of sp³-hybridized carbons (Fsp3) is 0.0455. The summed E-state index contributed by atoms with van der Waals surface area (Å²) in [6.45, 7) is 1.65. The van der Waals surface area contributed by atoms with Crippen LogP contribution in [-0.4, -0.2) is 0 Å². The lowest BCUT2D eigenvalue weighted by Gasteiger charge is -2.24. The molecule has 0 fully saturated rings. The zero-order valence-corrected chi connectivity index (χ0v) is 25.6. The molecule has 0 atom stereocenters. The minimum absolute atomic E-state index is 0.823. The summed E-state index contributed by atoms with van der Waals surface area (Å²) < 4.78 is 12.7. The largest absolute Gasteiger partial charge is 0.456 e. The van der Waals surface area contributed by atoms with Crippen molar-refractivity contribution >= 4 is 49.6 Å². The highest BCUT2D eigenvalue weighted by atomic mass is 16.3. The first-order chi connectivity index (χ1) is 23.3. The van der Waals surface area contributed by atoms with Crippen LogP contribution in [0.25, 0.3) is 77.3 Å². The van der Waals surface area contributed by atoms with Gasteiger partial charge in [-0.05, 0) is 87.5 Å². The van der Waals surface area contributed by atoms with Crippen LogP contribution in [0.15, 0.2) is 160 Å². The van der Waals surface area contributed by atoms with Crippen LogP contribution >= 0.6 is 0 Å². The van der Waals surface area contributed by atoms with Crippen LogP contribution in [0.5, 0.6) is 0 Å². The quantitative estimate of drug-likeness (QED) is 0.201. The Kier molecular flexibility index (Phi) is 5.70. The zero-order chi connectivity index (χ0) is 30.9. The minimum Gasteiger partial charge on any atom is -0.456 e. The van der Waals surface area contributed by atoms with Crippen molar-refractivity contribution < 1.29 is 8.83 Å². The molecule has 0 N–H and O–H groups in total. The molecular formula is C44H29NO2. The molecule has 3 heterocycles. The SMILES string of the molecule is c1ccc(N2Cc3ccc(-c4ccc5c(c4)oc4ccccc45)cc3-c3cc(-c4cccc5c4oc4ccccc45)ccc3C2)cc1. The zero-order valence-electron chi connectivity index (χ0n) is 25.6. The molecular weight excluding hydrogens is 574 g/mol. The molecule has 10 rings (SSSR count). The average molecular weight is 604 g/mol. The summed E-state index contributed by atoms with van der Waals surface area (Å²) in [5.41, 5.74) is 14.6. The van der Waals surface area contributed by atoms with Crippen molar-refractivity contribution in [1.82, 2.24) is 0 Å². The molecule has 1 aliphatic heterocycles. The van der Waals surface area contributed by atoms with E-state index >= 15 is 0 Å². The Morgan fingerprint density at radius 3 is 1.74 bits per heavy atom. The number of anilines is 1. The minimum atomic E-state index is 0.823. The molecule has 222 valence electrons. The fourth-order valence-corrected chi connectivity index (χ4v) is 7.45. The number of furan rings is 2. The van der Waals surface area contributed by atoms with Gasteiger partial charge >= 0.3 is 0 Å². The number of nitrogens with zero attached hydrogens (tertiary/aromatic N) is 1. The van der Waals surface area contributed by atoms with Gasteiger partial charge in [0.15, 0.2) is 0 Å².